The predicted molar refractivity (Wildman–Crippen MR) is 70.6 cm³/mol. The summed E-state index contributed by atoms with van der Waals surface area (Å²) in [5.41, 5.74) is 0.921. The van der Waals surface area contributed by atoms with Crippen molar-refractivity contribution in [2.45, 2.75) is 24.1 Å². The van der Waals surface area contributed by atoms with Crippen molar-refractivity contribution in [2.24, 2.45) is 5.92 Å². The Balaban J connectivity index is 2.07. The minimum Gasteiger partial charge on any atom is -0.298 e. The van der Waals surface area contributed by atoms with E-state index in [1.807, 2.05) is 6.07 Å². The number of benzene rings is 1. The van der Waals surface area contributed by atoms with Crippen LogP contribution in [-0.4, -0.2) is 10.6 Å². The lowest BCUT2D eigenvalue weighted by atomic mass is 10.1. The van der Waals surface area contributed by atoms with Gasteiger partial charge in [0.05, 0.1) is 4.83 Å². The second-order valence-corrected chi connectivity index (χ2v) is 6.03. The van der Waals surface area contributed by atoms with Gasteiger partial charge in [0.1, 0.15) is 5.78 Å². The third kappa shape index (κ3) is 2.99. The first kappa shape index (κ1) is 12.4. The molecule has 86 valence electrons. The van der Waals surface area contributed by atoms with E-state index in [-0.39, 0.29) is 16.5 Å². The van der Waals surface area contributed by atoms with Gasteiger partial charge in [-0.05, 0) is 43.0 Å². The van der Waals surface area contributed by atoms with Crippen LogP contribution in [0, 0.1) is 5.92 Å². The van der Waals surface area contributed by atoms with Gasteiger partial charge in [0.25, 0.3) is 0 Å². The van der Waals surface area contributed by atoms with Gasteiger partial charge in [0.2, 0.25) is 0 Å². The van der Waals surface area contributed by atoms with Crippen LogP contribution in [0.3, 0.4) is 0 Å². The minimum absolute atomic E-state index is 0.143. The minimum atomic E-state index is -0.143. The topological polar surface area (TPSA) is 17.1 Å². The Bertz CT molecular complexity index is 415. The van der Waals surface area contributed by atoms with Crippen molar-refractivity contribution in [1.82, 2.24) is 0 Å². The van der Waals surface area contributed by atoms with Crippen molar-refractivity contribution in [1.29, 1.82) is 0 Å². The van der Waals surface area contributed by atoms with Crippen molar-refractivity contribution < 1.29 is 4.79 Å². The lowest BCUT2D eigenvalue weighted by molar-refractivity contribution is -0.119. The molecule has 0 N–H and O–H groups in total. The molecule has 2 rings (SSSR count). The van der Waals surface area contributed by atoms with E-state index in [0.717, 1.165) is 18.4 Å². The lowest BCUT2D eigenvalue weighted by Crippen LogP contribution is -2.18. The number of Topliss-reactive ketones (excluding diaryl/α,β-unsaturated/α-hetero) is 1. The molecule has 1 aliphatic rings. The van der Waals surface area contributed by atoms with E-state index < -0.39 is 0 Å². The fourth-order valence-corrected chi connectivity index (χ4v) is 2.73. The Morgan fingerprint density at radius 1 is 1.44 bits per heavy atom. The second-order valence-electron chi connectivity index (χ2n) is 4.08. The standard InChI is InChI=1S/C12H11BrCl2O/c13-10(12(16)7-1-2-7)6-8-5-9(14)3-4-11(8)15/h3-5,7,10H,1-2,6H2. The van der Waals surface area contributed by atoms with Crippen LogP contribution < -0.4 is 0 Å². The van der Waals surface area contributed by atoms with Crippen LogP contribution in [0.4, 0.5) is 0 Å². The molecular weight excluding hydrogens is 311 g/mol. The second kappa shape index (κ2) is 5.07. The number of rotatable bonds is 4. The molecule has 0 amide bonds. The van der Waals surface area contributed by atoms with Crippen LogP contribution >= 0.6 is 39.1 Å². The fourth-order valence-electron chi connectivity index (χ4n) is 1.62. The average molecular weight is 322 g/mol. The molecule has 1 aromatic rings. The summed E-state index contributed by atoms with van der Waals surface area (Å²) in [6, 6.07) is 5.33. The molecule has 0 heterocycles. The highest BCUT2D eigenvalue weighted by molar-refractivity contribution is 9.10. The van der Waals surface area contributed by atoms with Gasteiger partial charge in [-0.2, -0.15) is 0 Å². The van der Waals surface area contributed by atoms with Gasteiger partial charge in [-0.1, -0.05) is 39.1 Å². The molecular formula is C12H11BrCl2O. The molecule has 1 unspecified atom stereocenters. The van der Waals surface area contributed by atoms with Crippen LogP contribution in [0.25, 0.3) is 0 Å². The zero-order chi connectivity index (χ0) is 11.7. The summed E-state index contributed by atoms with van der Waals surface area (Å²) >= 11 is 15.4. The molecule has 1 nitrogen and oxygen atoms in total. The Morgan fingerprint density at radius 3 is 2.75 bits per heavy atom. The van der Waals surface area contributed by atoms with Crippen molar-refractivity contribution >= 4 is 44.9 Å². The van der Waals surface area contributed by atoms with Gasteiger partial charge in [0.15, 0.2) is 0 Å². The summed E-state index contributed by atoms with van der Waals surface area (Å²) in [6.07, 6.45) is 2.67. The Morgan fingerprint density at radius 2 is 2.12 bits per heavy atom. The summed E-state index contributed by atoms with van der Waals surface area (Å²) in [7, 11) is 0. The maximum atomic E-state index is 11.8. The molecule has 0 aromatic heterocycles. The van der Waals surface area contributed by atoms with Gasteiger partial charge in [0, 0.05) is 16.0 Å². The summed E-state index contributed by atoms with van der Waals surface area (Å²) < 4.78 is 0. The lowest BCUT2D eigenvalue weighted by Gasteiger charge is -2.10. The first-order valence-electron chi connectivity index (χ1n) is 5.19. The fraction of sp³-hybridized carbons (Fsp3) is 0.417. The molecule has 16 heavy (non-hydrogen) atoms. The third-order valence-corrected chi connectivity index (χ3v) is 4.07. The summed E-state index contributed by atoms with van der Waals surface area (Å²) in [5, 5.41) is 1.32. The molecule has 0 saturated heterocycles. The van der Waals surface area contributed by atoms with Crippen LogP contribution in [0.1, 0.15) is 18.4 Å². The number of alkyl halides is 1. The third-order valence-electron chi connectivity index (χ3n) is 2.70. The first-order valence-corrected chi connectivity index (χ1v) is 6.87. The molecule has 1 aromatic carbocycles. The van der Waals surface area contributed by atoms with Gasteiger partial charge in [-0.25, -0.2) is 0 Å². The molecule has 0 aliphatic heterocycles. The Kier molecular flexibility index (Phi) is 3.93. The summed E-state index contributed by atoms with van der Waals surface area (Å²) in [6.45, 7) is 0. The van der Waals surface area contributed by atoms with Crippen molar-refractivity contribution in [3.8, 4) is 0 Å². The SMILES string of the molecule is O=C(C(Br)Cc1cc(Cl)ccc1Cl)C1CC1. The van der Waals surface area contributed by atoms with E-state index in [2.05, 4.69) is 15.9 Å². The van der Waals surface area contributed by atoms with Crippen LogP contribution in [0.15, 0.2) is 18.2 Å². The Hall–Kier alpha value is -0.0500. The summed E-state index contributed by atoms with van der Waals surface area (Å²) in [5.74, 6) is 0.554. The van der Waals surface area contributed by atoms with Gasteiger partial charge in [-0.3, -0.25) is 4.79 Å². The van der Waals surface area contributed by atoms with E-state index in [1.165, 1.54) is 0 Å². The van der Waals surface area contributed by atoms with E-state index >= 15 is 0 Å². The van der Waals surface area contributed by atoms with Gasteiger partial charge in [-0.15, -0.1) is 0 Å². The van der Waals surface area contributed by atoms with Gasteiger partial charge >= 0.3 is 0 Å². The largest absolute Gasteiger partial charge is 0.298 e. The van der Waals surface area contributed by atoms with Crippen molar-refractivity contribution in [2.75, 3.05) is 0 Å². The number of halogens is 3. The van der Waals surface area contributed by atoms with Crippen molar-refractivity contribution in [3.63, 3.8) is 0 Å². The van der Waals surface area contributed by atoms with Crippen LogP contribution in [-0.2, 0) is 11.2 Å². The molecule has 4 heteroatoms. The average Bonchev–Trinajstić information content (AvgIpc) is 3.06. The highest BCUT2D eigenvalue weighted by atomic mass is 79.9. The Labute approximate surface area is 113 Å². The number of carbonyl (C=O) groups is 1. The van der Waals surface area contributed by atoms with E-state index in [0.29, 0.717) is 16.5 Å². The molecule has 1 atom stereocenters. The zero-order valence-corrected chi connectivity index (χ0v) is 11.6. The number of carbonyl (C=O) groups excluding carboxylic acids is 1. The molecule has 0 spiro atoms. The molecule has 1 aliphatic carbocycles. The smallest absolute Gasteiger partial charge is 0.149 e. The summed E-state index contributed by atoms with van der Waals surface area (Å²) in [4.78, 5) is 11.6. The molecule has 1 saturated carbocycles. The highest BCUT2D eigenvalue weighted by Crippen LogP contribution is 2.34. The van der Waals surface area contributed by atoms with E-state index in [1.54, 1.807) is 12.1 Å². The number of hydrogen-bond donors (Lipinski definition) is 0. The monoisotopic (exact) mass is 320 g/mol. The molecule has 1 fully saturated rings. The molecule has 0 bridgehead atoms. The maximum absolute atomic E-state index is 11.8. The molecule has 0 radical (unpaired) electrons. The van der Waals surface area contributed by atoms with Gasteiger partial charge < -0.3 is 0 Å². The van der Waals surface area contributed by atoms with Crippen LogP contribution in [0.2, 0.25) is 10.0 Å². The van der Waals surface area contributed by atoms with Crippen molar-refractivity contribution in [3.05, 3.63) is 33.8 Å². The maximum Gasteiger partial charge on any atom is 0.149 e. The quantitative estimate of drug-likeness (QED) is 0.756. The van der Waals surface area contributed by atoms with Crippen LogP contribution in [0.5, 0.6) is 0 Å². The first-order chi connectivity index (χ1) is 7.58. The highest BCUT2D eigenvalue weighted by Gasteiger charge is 2.33. The normalized spacial score (nSPS) is 17.2. The predicted octanol–water partition coefficient (Wildman–Crippen LogP) is 4.28. The zero-order valence-electron chi connectivity index (χ0n) is 8.55. The number of hydrogen-bond acceptors (Lipinski definition) is 1. The number of ketones is 1. The van der Waals surface area contributed by atoms with E-state index in [9.17, 15) is 4.79 Å². The van der Waals surface area contributed by atoms with E-state index in [4.69, 9.17) is 23.2 Å².